The smallest absolute Gasteiger partial charge is 0.408 e. The van der Waals surface area contributed by atoms with Crippen LogP contribution in [0.3, 0.4) is 0 Å². The van der Waals surface area contributed by atoms with Crippen LogP contribution < -0.4 is 10.2 Å². The van der Waals surface area contributed by atoms with Gasteiger partial charge in [0.05, 0.1) is 6.54 Å². The Hall–Kier alpha value is -2.14. The molecule has 0 atom stereocenters. The lowest BCUT2D eigenvalue weighted by atomic mass is 10.2. The van der Waals surface area contributed by atoms with Gasteiger partial charge in [0.2, 0.25) is 4.91 Å². The summed E-state index contributed by atoms with van der Waals surface area (Å²) < 4.78 is 10.4. The number of rotatable bonds is 4. The van der Waals surface area contributed by atoms with E-state index in [0.717, 1.165) is 0 Å². The summed E-state index contributed by atoms with van der Waals surface area (Å²) in [5.74, 6) is 1.18. The van der Waals surface area contributed by atoms with Crippen molar-refractivity contribution in [3.05, 3.63) is 23.7 Å². The van der Waals surface area contributed by atoms with E-state index in [2.05, 4.69) is 15.3 Å². The van der Waals surface area contributed by atoms with Gasteiger partial charge in [-0.2, -0.15) is 0 Å². The van der Waals surface area contributed by atoms with Crippen LogP contribution >= 0.6 is 0 Å². The number of hydrogen-bond donors (Lipinski definition) is 2. The van der Waals surface area contributed by atoms with Gasteiger partial charge in [0.25, 0.3) is 0 Å². The zero-order valence-electron chi connectivity index (χ0n) is 10.7. The lowest BCUT2D eigenvalue weighted by Crippen LogP contribution is -2.32. The van der Waals surface area contributed by atoms with Gasteiger partial charge in [-0.25, -0.2) is 4.79 Å². The predicted octanol–water partition coefficient (Wildman–Crippen LogP) is 2.35. The predicted molar refractivity (Wildman–Crippen MR) is 62.8 cm³/mol. The van der Waals surface area contributed by atoms with Crippen molar-refractivity contribution in [1.82, 2.24) is 10.2 Å². The second kappa shape index (κ2) is 5.97. The molecule has 2 N–H and O–H groups in total. The molecule has 7 nitrogen and oxygen atoms in total. The van der Waals surface area contributed by atoms with E-state index >= 15 is 0 Å². The molecule has 1 rings (SSSR count). The number of nitrogens with one attached hydrogen (secondary N) is 2. The first kappa shape index (κ1) is 13.9. The van der Waals surface area contributed by atoms with E-state index in [1.54, 1.807) is 32.9 Å². The van der Waals surface area contributed by atoms with Crippen molar-refractivity contribution in [2.24, 2.45) is 5.11 Å². The number of carbonyl (C=O) groups excluding carboxylic acids is 1. The highest BCUT2D eigenvalue weighted by Gasteiger charge is 2.16. The van der Waals surface area contributed by atoms with E-state index in [9.17, 15) is 4.79 Å². The van der Waals surface area contributed by atoms with Crippen LogP contribution in [0, 0.1) is 5.53 Å². The Kier molecular flexibility index (Phi) is 4.62. The summed E-state index contributed by atoms with van der Waals surface area (Å²) in [6, 6.07) is 3.45. The summed E-state index contributed by atoms with van der Waals surface area (Å²) in [6.45, 7) is 5.85. The molecule has 18 heavy (non-hydrogen) atoms. The highest BCUT2D eigenvalue weighted by atomic mass is 16.6. The minimum atomic E-state index is -0.521. The molecule has 1 aromatic rings. The van der Waals surface area contributed by atoms with Crippen molar-refractivity contribution in [1.29, 1.82) is 5.53 Å². The molecule has 0 saturated carbocycles. The van der Waals surface area contributed by atoms with E-state index in [1.807, 2.05) is 0 Å². The number of carbonyl (C=O) groups is 1. The molecule has 0 radical (unpaired) electrons. The Labute approximate surface area is 105 Å². The van der Waals surface area contributed by atoms with Gasteiger partial charge in [0.15, 0.2) is 6.54 Å². The van der Waals surface area contributed by atoms with Crippen molar-refractivity contribution in [3.63, 3.8) is 0 Å². The number of nitrogens with zero attached hydrogens (tertiary/aromatic N) is 2. The van der Waals surface area contributed by atoms with Crippen molar-refractivity contribution >= 4 is 6.09 Å². The Morgan fingerprint density at radius 3 is 2.78 bits per heavy atom. The Bertz CT molecular complexity index is 455. The molecule has 0 fully saturated rings. The highest BCUT2D eigenvalue weighted by molar-refractivity contribution is 5.67. The van der Waals surface area contributed by atoms with Crippen LogP contribution in [0.25, 0.3) is 0 Å². The number of ether oxygens (including phenoxy) is 1. The number of furan rings is 1. The van der Waals surface area contributed by atoms with E-state index in [-0.39, 0.29) is 13.1 Å². The fraction of sp³-hybridized carbons (Fsp3) is 0.545. The maximum absolute atomic E-state index is 11.4. The fourth-order valence-electron chi connectivity index (χ4n) is 1.18. The molecule has 0 bridgehead atoms. The summed E-state index contributed by atoms with van der Waals surface area (Å²) in [6.07, 6.45) is -0.494. The van der Waals surface area contributed by atoms with Crippen LogP contribution in [0.5, 0.6) is 0 Å². The monoisotopic (exact) mass is 253 g/mol. The van der Waals surface area contributed by atoms with Crippen LogP contribution in [0.4, 0.5) is 4.79 Å². The second-order valence-electron chi connectivity index (χ2n) is 4.62. The zero-order valence-corrected chi connectivity index (χ0v) is 10.7. The molecular weight excluding hydrogens is 236 g/mol. The van der Waals surface area contributed by atoms with Crippen molar-refractivity contribution < 1.29 is 13.9 Å². The molecule has 1 heterocycles. The summed E-state index contributed by atoms with van der Waals surface area (Å²) in [5.41, 5.74) is 6.00. The largest absolute Gasteiger partial charge is 0.462 e. The van der Waals surface area contributed by atoms with Gasteiger partial charge in [-0.3, -0.25) is 0 Å². The first-order chi connectivity index (χ1) is 8.40. The minimum absolute atomic E-state index is 0.218. The third-order valence-electron chi connectivity index (χ3n) is 1.82. The molecule has 0 aliphatic carbocycles. The summed E-state index contributed by atoms with van der Waals surface area (Å²) in [4.78, 5) is 14.3. The molecule has 0 aliphatic rings. The van der Waals surface area contributed by atoms with Crippen molar-refractivity contribution in [2.75, 3.05) is 0 Å². The van der Waals surface area contributed by atoms with E-state index in [1.165, 1.54) is 0 Å². The van der Waals surface area contributed by atoms with Crippen molar-refractivity contribution in [3.8, 4) is 0 Å². The average molecular weight is 253 g/mol. The number of alkyl carbamates (subject to hydrolysis) is 1. The van der Waals surface area contributed by atoms with Gasteiger partial charge < -0.3 is 14.5 Å². The van der Waals surface area contributed by atoms with Crippen LogP contribution in [-0.2, 0) is 17.8 Å². The summed E-state index contributed by atoms with van der Waals surface area (Å²) >= 11 is 0. The van der Waals surface area contributed by atoms with Gasteiger partial charge in [0, 0.05) is 0 Å². The molecule has 7 heteroatoms. The number of amides is 1. The standard InChI is InChI=1S/C11H16N4O3/c1-11(2,3)18-10(16)13-6-8-4-5-9(17-8)7-14-15-12/h4-5,12H,6-7H2,1-3H3/p+1. The van der Waals surface area contributed by atoms with E-state index in [0.29, 0.717) is 11.5 Å². The molecular formula is C11H17N4O3+. The molecule has 1 aromatic heterocycles. The lowest BCUT2D eigenvalue weighted by molar-refractivity contribution is 0.0519. The van der Waals surface area contributed by atoms with Crippen LogP contribution in [-0.4, -0.2) is 11.7 Å². The Morgan fingerprint density at radius 1 is 1.50 bits per heavy atom. The highest BCUT2D eigenvalue weighted by Crippen LogP contribution is 2.10. The molecule has 0 saturated heterocycles. The SMILES string of the molecule is CC(C)(C)OC(=O)NCc1ccc(CN=[N+]=N)o1. The normalized spacial score (nSPS) is 10.6. The lowest BCUT2D eigenvalue weighted by Gasteiger charge is -2.19. The number of hydrogen-bond acceptors (Lipinski definition) is 5. The van der Waals surface area contributed by atoms with Gasteiger partial charge in [-0.1, -0.05) is 0 Å². The fourth-order valence-corrected chi connectivity index (χ4v) is 1.18. The molecule has 0 unspecified atom stereocenters. The van der Waals surface area contributed by atoms with Crippen LogP contribution in [0.1, 0.15) is 32.3 Å². The van der Waals surface area contributed by atoms with Crippen molar-refractivity contribution in [2.45, 2.75) is 39.5 Å². The van der Waals surface area contributed by atoms with Crippen LogP contribution in [0.2, 0.25) is 0 Å². The quantitative estimate of drug-likeness (QED) is 0.636. The van der Waals surface area contributed by atoms with Crippen LogP contribution in [0.15, 0.2) is 21.7 Å². The maximum Gasteiger partial charge on any atom is 0.408 e. The van der Waals surface area contributed by atoms with E-state index in [4.69, 9.17) is 14.7 Å². The zero-order chi connectivity index (χ0) is 13.6. The third-order valence-corrected chi connectivity index (χ3v) is 1.82. The summed E-state index contributed by atoms with van der Waals surface area (Å²) in [7, 11) is 0. The Morgan fingerprint density at radius 2 is 2.17 bits per heavy atom. The molecule has 98 valence electrons. The summed E-state index contributed by atoms with van der Waals surface area (Å²) in [5, 5.41) is 6.06. The second-order valence-corrected chi connectivity index (χ2v) is 4.62. The average Bonchev–Trinajstić information content (AvgIpc) is 2.69. The molecule has 0 spiro atoms. The third kappa shape index (κ3) is 5.27. The topological polar surface area (TPSA) is 102 Å². The first-order valence-electron chi connectivity index (χ1n) is 5.48. The molecule has 0 aliphatic heterocycles. The first-order valence-corrected chi connectivity index (χ1v) is 5.48. The Balaban J connectivity index is 2.41. The maximum atomic E-state index is 11.4. The molecule has 0 aromatic carbocycles. The van der Waals surface area contributed by atoms with Gasteiger partial charge in [0.1, 0.15) is 27.8 Å². The molecule has 1 amide bonds. The van der Waals surface area contributed by atoms with E-state index < -0.39 is 11.7 Å². The van der Waals surface area contributed by atoms with Gasteiger partial charge in [-0.05, 0) is 32.9 Å². The van der Waals surface area contributed by atoms with Gasteiger partial charge in [-0.15, -0.1) is 0 Å². The minimum Gasteiger partial charge on any atom is -0.462 e. The van der Waals surface area contributed by atoms with Gasteiger partial charge >= 0.3 is 6.09 Å².